The Morgan fingerprint density at radius 3 is 2.53 bits per heavy atom. The molecule has 1 heterocycles. The lowest BCUT2D eigenvalue weighted by molar-refractivity contribution is -0.141. The normalized spacial score (nSPS) is 19.4. The van der Waals surface area contributed by atoms with Gasteiger partial charge in [0, 0.05) is 30.2 Å². The summed E-state index contributed by atoms with van der Waals surface area (Å²) in [5, 5.41) is 17.6. The molecule has 4 N–H and O–H groups in total. The van der Waals surface area contributed by atoms with Gasteiger partial charge in [0.25, 0.3) is 0 Å². The Morgan fingerprint density at radius 1 is 1.31 bits per heavy atom. The molecule has 1 aromatic carbocycles. The van der Waals surface area contributed by atoms with Crippen molar-refractivity contribution in [3.05, 3.63) is 23.3 Å². The van der Waals surface area contributed by atoms with Crippen LogP contribution in [0.1, 0.15) is 36.7 Å². The Morgan fingerprint density at radius 2 is 1.97 bits per heavy atom. The molecule has 1 aliphatic rings. The fraction of sp³-hybridized carbons (Fsp3) is 0.565. The molecule has 0 saturated carbocycles. The van der Waals surface area contributed by atoms with Gasteiger partial charge < -0.3 is 35.0 Å². The zero-order chi connectivity index (χ0) is 27.3. The molecule has 0 spiro atoms. The monoisotopic (exact) mass is 557 g/mol. The van der Waals surface area contributed by atoms with E-state index in [0.29, 0.717) is 17.1 Å². The second kappa shape index (κ2) is 12.1. The van der Waals surface area contributed by atoms with Crippen LogP contribution in [0.25, 0.3) is 0 Å². The molecular formula is C23H35N3O7S2Si. The molecule has 200 valence electrons. The van der Waals surface area contributed by atoms with Gasteiger partial charge in [0.1, 0.15) is 30.2 Å². The number of carbonyl (C=O) groups excluding carboxylic acids is 2. The molecule has 1 aromatic rings. The molecular weight excluding hydrogens is 522 g/mol. The average Bonchev–Trinajstić information content (AvgIpc) is 2.79. The number of thiocarbonyl (C=S) groups is 1. The molecule has 2 rings (SSSR count). The van der Waals surface area contributed by atoms with Crippen LogP contribution in [-0.4, -0.2) is 75.0 Å². The molecule has 0 fully saturated rings. The Balaban J connectivity index is 2.56. The van der Waals surface area contributed by atoms with Gasteiger partial charge >= 0.3 is 11.9 Å². The topological polar surface area (TPSA) is 135 Å². The number of benzene rings is 1. The number of hydrogen-bond donors (Lipinski definition) is 4. The first kappa shape index (κ1) is 29.7. The number of rotatable bonds is 5. The first-order chi connectivity index (χ1) is 16.7. The maximum Gasteiger partial charge on any atom is 0.338 e. The highest BCUT2D eigenvalue weighted by atomic mass is 32.2. The first-order valence-electron chi connectivity index (χ1n) is 11.4. The van der Waals surface area contributed by atoms with Crippen LogP contribution in [0.2, 0.25) is 18.1 Å². The summed E-state index contributed by atoms with van der Waals surface area (Å²) in [6, 6.07) is 1.05. The Hall–Kier alpha value is -2.51. The van der Waals surface area contributed by atoms with Crippen LogP contribution in [-0.2, 0) is 20.1 Å². The number of carboxylic acid groups (broad SMARTS) is 1. The van der Waals surface area contributed by atoms with Gasteiger partial charge in [0.2, 0.25) is 14.2 Å². The fourth-order valence-electron chi connectivity index (χ4n) is 2.96. The third kappa shape index (κ3) is 7.50. The summed E-state index contributed by atoms with van der Waals surface area (Å²) in [6.45, 7) is 10.1. The molecule has 0 unspecified atom stereocenters. The van der Waals surface area contributed by atoms with Crippen molar-refractivity contribution in [1.29, 1.82) is 0 Å². The third-order valence-corrected chi connectivity index (χ3v) is 11.9. The highest BCUT2D eigenvalue weighted by Gasteiger charge is 2.40. The number of esters is 1. The zero-order valence-corrected chi connectivity index (χ0v) is 24.3. The lowest BCUT2D eigenvalue weighted by Gasteiger charge is -2.37. The zero-order valence-electron chi connectivity index (χ0n) is 21.6. The van der Waals surface area contributed by atoms with Crippen LogP contribution in [0.3, 0.4) is 0 Å². The number of carbonyl (C=O) groups is 3. The van der Waals surface area contributed by atoms with Crippen molar-refractivity contribution >= 4 is 55.3 Å². The van der Waals surface area contributed by atoms with E-state index in [9.17, 15) is 19.5 Å². The van der Waals surface area contributed by atoms with Gasteiger partial charge in [-0.15, -0.1) is 0 Å². The lowest BCUT2D eigenvalue weighted by Crippen LogP contribution is -2.55. The fourth-order valence-corrected chi connectivity index (χ4v) is 5.23. The van der Waals surface area contributed by atoms with E-state index in [1.54, 1.807) is 19.2 Å². The number of aliphatic carboxylic acids is 1. The van der Waals surface area contributed by atoms with Gasteiger partial charge in [-0.2, -0.15) is 11.8 Å². The Kier molecular flexibility index (Phi) is 10.0. The van der Waals surface area contributed by atoms with Gasteiger partial charge in [-0.25, -0.2) is 9.59 Å². The maximum atomic E-state index is 13.3. The number of methoxy groups -OCH3 is 1. The van der Waals surface area contributed by atoms with Gasteiger partial charge in [-0.05, 0) is 36.4 Å². The van der Waals surface area contributed by atoms with Gasteiger partial charge in [-0.1, -0.05) is 20.8 Å². The summed E-state index contributed by atoms with van der Waals surface area (Å²) >= 11 is 6.35. The largest absolute Gasteiger partial charge is 0.543 e. The number of amides is 1. The minimum atomic E-state index is -2.31. The van der Waals surface area contributed by atoms with Crippen molar-refractivity contribution in [3.63, 3.8) is 0 Å². The van der Waals surface area contributed by atoms with E-state index < -0.39 is 38.2 Å². The van der Waals surface area contributed by atoms with Crippen molar-refractivity contribution in [2.75, 3.05) is 26.5 Å². The highest BCUT2D eigenvalue weighted by Crippen LogP contribution is 2.41. The average molecular weight is 558 g/mol. The summed E-state index contributed by atoms with van der Waals surface area (Å²) in [5.41, 5.74) is 0.820. The molecule has 10 nitrogen and oxygen atoms in total. The molecule has 13 heteroatoms. The third-order valence-electron chi connectivity index (χ3n) is 6.18. The number of cyclic esters (lactones) is 1. The summed E-state index contributed by atoms with van der Waals surface area (Å²) in [7, 11) is 0.755. The molecule has 1 aliphatic heterocycles. The number of nitrogens with one attached hydrogen (secondary N) is 3. The van der Waals surface area contributed by atoms with E-state index >= 15 is 0 Å². The number of ether oxygens (including phenoxy) is 2. The van der Waals surface area contributed by atoms with E-state index in [1.165, 1.54) is 18.9 Å². The number of carboxylic acids is 1. The van der Waals surface area contributed by atoms with Crippen LogP contribution in [0.4, 0.5) is 0 Å². The second-order valence-corrected chi connectivity index (χ2v) is 16.0. The van der Waals surface area contributed by atoms with Crippen LogP contribution < -0.4 is 25.1 Å². The van der Waals surface area contributed by atoms with Crippen molar-refractivity contribution in [3.8, 4) is 11.5 Å². The molecule has 0 aliphatic carbocycles. The van der Waals surface area contributed by atoms with Gasteiger partial charge in [0.15, 0.2) is 5.11 Å². The lowest BCUT2D eigenvalue weighted by atomic mass is 10.1. The van der Waals surface area contributed by atoms with E-state index in [1.807, 2.05) is 0 Å². The molecule has 0 bridgehead atoms. The molecule has 2 atom stereocenters. The summed E-state index contributed by atoms with van der Waals surface area (Å²) in [4.78, 5) is 37.9. The maximum absolute atomic E-state index is 13.3. The standard InChI is InChI=1S/C23H35N3O7S2Si/c1-23(2,3)36(6,7)33-18-9-13(31-5)8-14-15(18)11-35-12-17(20(28)29)25-19(27)16(10-32-21(14)30)26-22(34)24-4/h8-9,16-17H,10-12H2,1-7H3,(H,25,27)(H,28,29)(H2,24,26,34)/t16-,17-/m0/s1. The molecule has 36 heavy (non-hydrogen) atoms. The van der Waals surface area contributed by atoms with Crippen molar-refractivity contribution in [2.45, 2.75) is 56.7 Å². The first-order valence-corrected chi connectivity index (χ1v) is 15.8. The molecule has 0 radical (unpaired) electrons. The van der Waals surface area contributed by atoms with E-state index in [4.69, 9.17) is 26.1 Å². The number of hydrogen-bond acceptors (Lipinski definition) is 8. The van der Waals surface area contributed by atoms with Crippen molar-refractivity contribution in [1.82, 2.24) is 16.0 Å². The molecule has 1 amide bonds. The minimum absolute atomic E-state index is 0.0737. The SMILES string of the molecule is CNC(=S)N[C@H]1COC(=O)c2cc(OC)cc(O[Si](C)(C)C(C)(C)C)c2CSC[C@@H](C(=O)O)NC1=O. The molecule has 0 aromatic heterocycles. The van der Waals surface area contributed by atoms with Gasteiger partial charge in [0.05, 0.1) is 12.7 Å². The smallest absolute Gasteiger partial charge is 0.338 e. The van der Waals surface area contributed by atoms with Crippen molar-refractivity contribution < 1.29 is 33.4 Å². The summed E-state index contributed by atoms with van der Waals surface area (Å²) < 4.78 is 17.5. The Bertz CT molecular complexity index is 1010. The quantitative estimate of drug-likeness (QED) is 0.242. The van der Waals surface area contributed by atoms with Crippen LogP contribution in [0, 0.1) is 0 Å². The van der Waals surface area contributed by atoms with E-state index in [2.05, 4.69) is 49.8 Å². The predicted molar refractivity (Wildman–Crippen MR) is 145 cm³/mol. The van der Waals surface area contributed by atoms with E-state index in [-0.39, 0.29) is 33.8 Å². The number of fused-ring (bicyclic) bond motifs is 1. The minimum Gasteiger partial charge on any atom is -0.543 e. The van der Waals surface area contributed by atoms with E-state index in [0.717, 1.165) is 0 Å². The highest BCUT2D eigenvalue weighted by molar-refractivity contribution is 7.98. The van der Waals surface area contributed by atoms with Crippen LogP contribution in [0.15, 0.2) is 12.1 Å². The molecule has 0 saturated heterocycles. The van der Waals surface area contributed by atoms with Crippen molar-refractivity contribution in [2.24, 2.45) is 0 Å². The van der Waals surface area contributed by atoms with Crippen LogP contribution >= 0.6 is 24.0 Å². The second-order valence-electron chi connectivity index (χ2n) is 9.80. The van der Waals surface area contributed by atoms with Crippen LogP contribution in [0.5, 0.6) is 11.5 Å². The number of thioether (sulfide) groups is 1. The predicted octanol–water partition coefficient (Wildman–Crippen LogP) is 2.51. The van der Waals surface area contributed by atoms with Gasteiger partial charge in [-0.3, -0.25) is 4.79 Å². The Labute approximate surface area is 222 Å². The summed E-state index contributed by atoms with van der Waals surface area (Å²) in [6.07, 6.45) is 0. The summed E-state index contributed by atoms with van der Waals surface area (Å²) in [5.74, 6) is -1.22.